The van der Waals surface area contributed by atoms with Gasteiger partial charge in [0.2, 0.25) is 5.75 Å². The Morgan fingerprint density at radius 3 is 2.22 bits per heavy atom. The molecule has 0 aromatic heterocycles. The van der Waals surface area contributed by atoms with Crippen LogP contribution in [0.3, 0.4) is 0 Å². The highest BCUT2D eigenvalue weighted by molar-refractivity contribution is 5.74. The van der Waals surface area contributed by atoms with Gasteiger partial charge in [0.05, 0.1) is 27.4 Å². The fourth-order valence-electron chi connectivity index (χ4n) is 4.91. The summed E-state index contributed by atoms with van der Waals surface area (Å²) >= 11 is 0. The van der Waals surface area contributed by atoms with Crippen LogP contribution in [0.4, 0.5) is 0 Å². The molecule has 0 saturated carbocycles. The minimum absolute atomic E-state index is 0.396. The molecule has 1 aliphatic rings. The summed E-state index contributed by atoms with van der Waals surface area (Å²) < 4.78 is 23.1. The number of para-hydroxylation sites is 1. The fraction of sp³-hybridized carbons (Fsp3) is 0.345. The highest BCUT2D eigenvalue weighted by Gasteiger charge is 2.37. The molecule has 2 atom stereocenters. The summed E-state index contributed by atoms with van der Waals surface area (Å²) in [4.78, 5) is 14.4. The molecule has 1 heterocycles. The number of rotatable bonds is 10. The molecule has 1 aliphatic heterocycles. The Hall–Kier alpha value is -3.71. The van der Waals surface area contributed by atoms with Crippen molar-refractivity contribution in [2.45, 2.75) is 38.0 Å². The minimum atomic E-state index is -0.824. The van der Waals surface area contributed by atoms with E-state index in [1.54, 1.807) is 21.3 Å². The molecule has 0 radical (unpaired) electrons. The maximum atomic E-state index is 12.3. The normalized spacial score (nSPS) is 16.7. The molecule has 4 rings (SSSR count). The van der Waals surface area contributed by atoms with Gasteiger partial charge in [0.1, 0.15) is 18.4 Å². The minimum Gasteiger partial charge on any atom is -0.493 e. The number of nitrogens with zero attached hydrogens (tertiary/aromatic N) is 1. The molecule has 3 aromatic carbocycles. The predicted molar refractivity (Wildman–Crippen MR) is 137 cm³/mol. The highest BCUT2D eigenvalue weighted by Crippen LogP contribution is 2.45. The number of methoxy groups -OCH3 is 3. The molecule has 1 saturated heterocycles. The number of piperidine rings is 1. The number of aliphatic carboxylic acids is 1. The first-order valence-electron chi connectivity index (χ1n) is 12.1. The number of hydrogen-bond acceptors (Lipinski definition) is 6. The van der Waals surface area contributed by atoms with E-state index in [0.29, 0.717) is 42.6 Å². The van der Waals surface area contributed by atoms with E-state index in [-0.39, 0.29) is 0 Å². The lowest BCUT2D eigenvalue weighted by Gasteiger charge is -2.40. The van der Waals surface area contributed by atoms with E-state index in [2.05, 4.69) is 4.90 Å². The molecular formula is C29H33NO6. The second-order valence-corrected chi connectivity index (χ2v) is 8.76. The van der Waals surface area contributed by atoms with Crippen LogP contribution in [0.2, 0.25) is 0 Å². The van der Waals surface area contributed by atoms with Crippen LogP contribution in [0, 0.1) is 0 Å². The number of likely N-dealkylation sites (tertiary alicyclic amines) is 1. The Labute approximate surface area is 212 Å². The Kier molecular flexibility index (Phi) is 8.33. The first-order valence-corrected chi connectivity index (χ1v) is 12.1. The van der Waals surface area contributed by atoms with Crippen molar-refractivity contribution in [2.24, 2.45) is 0 Å². The monoisotopic (exact) mass is 491 g/mol. The van der Waals surface area contributed by atoms with Crippen LogP contribution in [0.1, 0.15) is 42.0 Å². The number of carboxylic acid groups (broad SMARTS) is 1. The average Bonchev–Trinajstić information content (AvgIpc) is 2.92. The van der Waals surface area contributed by atoms with Crippen LogP contribution >= 0.6 is 0 Å². The second-order valence-electron chi connectivity index (χ2n) is 8.76. The number of ether oxygens (including phenoxy) is 4. The molecule has 0 bridgehead atoms. The largest absolute Gasteiger partial charge is 0.493 e. The van der Waals surface area contributed by atoms with Crippen molar-refractivity contribution in [1.29, 1.82) is 0 Å². The van der Waals surface area contributed by atoms with Gasteiger partial charge in [0.25, 0.3) is 0 Å². The summed E-state index contributed by atoms with van der Waals surface area (Å²) in [5, 5.41) is 10.1. The molecule has 1 fully saturated rings. The predicted octanol–water partition coefficient (Wildman–Crippen LogP) is 5.32. The summed E-state index contributed by atoms with van der Waals surface area (Å²) in [6, 6.07) is 20.6. The van der Waals surface area contributed by atoms with Crippen LogP contribution in [-0.4, -0.2) is 49.9 Å². The van der Waals surface area contributed by atoms with Gasteiger partial charge in [-0.25, -0.2) is 0 Å². The van der Waals surface area contributed by atoms with Gasteiger partial charge < -0.3 is 24.1 Å². The van der Waals surface area contributed by atoms with Crippen LogP contribution in [0.5, 0.6) is 23.0 Å². The third-order valence-electron chi connectivity index (χ3n) is 6.61. The zero-order valence-electron chi connectivity index (χ0n) is 21.0. The highest BCUT2D eigenvalue weighted by atomic mass is 16.5. The lowest BCUT2D eigenvalue weighted by atomic mass is 9.90. The van der Waals surface area contributed by atoms with Gasteiger partial charge in [-0.05, 0) is 48.7 Å². The summed E-state index contributed by atoms with van der Waals surface area (Å²) in [5.74, 6) is 1.40. The van der Waals surface area contributed by atoms with Gasteiger partial charge in [-0.1, -0.05) is 55.0 Å². The Bertz CT molecular complexity index is 1140. The summed E-state index contributed by atoms with van der Waals surface area (Å²) in [6.45, 7) is 1.05. The maximum Gasteiger partial charge on any atom is 0.320 e. The Balaban J connectivity index is 1.84. The zero-order valence-corrected chi connectivity index (χ0v) is 21.0. The van der Waals surface area contributed by atoms with E-state index in [9.17, 15) is 9.90 Å². The SMILES string of the molecule is COc1cc(C(c2ccccc2OCc2ccccc2)N2CCCCC2C(=O)O)cc(OC)c1OC. The van der Waals surface area contributed by atoms with Crippen molar-refractivity contribution in [3.63, 3.8) is 0 Å². The first kappa shape index (κ1) is 25.4. The van der Waals surface area contributed by atoms with Crippen molar-refractivity contribution in [3.8, 4) is 23.0 Å². The smallest absolute Gasteiger partial charge is 0.320 e. The van der Waals surface area contributed by atoms with Crippen molar-refractivity contribution >= 4 is 5.97 Å². The quantitative estimate of drug-likeness (QED) is 0.411. The summed E-state index contributed by atoms with van der Waals surface area (Å²) in [7, 11) is 4.72. The molecule has 1 N–H and O–H groups in total. The average molecular weight is 492 g/mol. The van der Waals surface area contributed by atoms with Crippen LogP contribution in [-0.2, 0) is 11.4 Å². The van der Waals surface area contributed by atoms with Gasteiger partial charge in [0.15, 0.2) is 11.5 Å². The number of carbonyl (C=O) groups is 1. The Morgan fingerprint density at radius 1 is 0.917 bits per heavy atom. The fourth-order valence-corrected chi connectivity index (χ4v) is 4.91. The molecule has 2 unspecified atom stereocenters. The first-order chi connectivity index (χ1) is 17.6. The van der Waals surface area contributed by atoms with E-state index in [1.165, 1.54) is 0 Å². The molecule has 0 spiro atoms. The number of benzene rings is 3. The van der Waals surface area contributed by atoms with E-state index in [0.717, 1.165) is 29.5 Å². The van der Waals surface area contributed by atoms with Crippen molar-refractivity contribution in [3.05, 3.63) is 83.4 Å². The van der Waals surface area contributed by atoms with Gasteiger partial charge in [0, 0.05) is 5.56 Å². The third kappa shape index (κ3) is 5.41. The zero-order chi connectivity index (χ0) is 25.5. The van der Waals surface area contributed by atoms with Gasteiger partial charge in [-0.2, -0.15) is 0 Å². The molecular weight excluding hydrogens is 458 g/mol. The van der Waals surface area contributed by atoms with E-state index in [1.807, 2.05) is 66.7 Å². The van der Waals surface area contributed by atoms with Gasteiger partial charge in [-0.15, -0.1) is 0 Å². The summed E-state index contributed by atoms with van der Waals surface area (Å²) in [5.41, 5.74) is 2.78. The van der Waals surface area contributed by atoms with E-state index in [4.69, 9.17) is 18.9 Å². The molecule has 36 heavy (non-hydrogen) atoms. The van der Waals surface area contributed by atoms with Crippen LogP contribution < -0.4 is 18.9 Å². The molecule has 0 amide bonds. The number of hydrogen-bond donors (Lipinski definition) is 1. The maximum absolute atomic E-state index is 12.3. The van der Waals surface area contributed by atoms with Gasteiger partial charge in [-0.3, -0.25) is 9.69 Å². The third-order valence-corrected chi connectivity index (χ3v) is 6.61. The lowest BCUT2D eigenvalue weighted by Crippen LogP contribution is -2.47. The lowest BCUT2D eigenvalue weighted by molar-refractivity contribution is -0.145. The molecule has 0 aliphatic carbocycles. The van der Waals surface area contributed by atoms with E-state index >= 15 is 0 Å². The van der Waals surface area contributed by atoms with Gasteiger partial charge >= 0.3 is 5.97 Å². The standard InChI is InChI=1S/C29H33NO6/c1-33-25-17-21(18-26(34-2)28(25)35-3)27(30-16-10-9-14-23(30)29(31)32)22-13-7-8-15-24(22)36-19-20-11-5-4-6-12-20/h4-8,11-13,15,17-18,23,27H,9-10,14,16,19H2,1-3H3,(H,31,32). The Morgan fingerprint density at radius 2 is 1.58 bits per heavy atom. The van der Waals surface area contributed by atoms with Crippen LogP contribution in [0.15, 0.2) is 66.7 Å². The topological polar surface area (TPSA) is 77.5 Å². The molecule has 190 valence electrons. The van der Waals surface area contributed by atoms with Crippen molar-refractivity contribution in [1.82, 2.24) is 4.90 Å². The molecule has 3 aromatic rings. The van der Waals surface area contributed by atoms with Crippen molar-refractivity contribution in [2.75, 3.05) is 27.9 Å². The van der Waals surface area contributed by atoms with Crippen LogP contribution in [0.25, 0.3) is 0 Å². The van der Waals surface area contributed by atoms with Crippen molar-refractivity contribution < 1.29 is 28.8 Å². The second kappa shape index (κ2) is 11.8. The molecule has 7 heteroatoms. The summed E-state index contributed by atoms with van der Waals surface area (Å²) in [6.07, 6.45) is 2.38. The molecule has 7 nitrogen and oxygen atoms in total. The number of carboxylic acids is 1. The van der Waals surface area contributed by atoms with E-state index < -0.39 is 18.1 Å².